The van der Waals surface area contributed by atoms with Gasteiger partial charge in [0.05, 0.1) is 11.3 Å². The van der Waals surface area contributed by atoms with Crippen LogP contribution >= 0.6 is 0 Å². The Morgan fingerprint density at radius 1 is 1.24 bits per heavy atom. The van der Waals surface area contributed by atoms with Crippen molar-refractivity contribution in [2.75, 3.05) is 11.1 Å². The first-order chi connectivity index (χ1) is 10.1. The van der Waals surface area contributed by atoms with E-state index < -0.39 is 11.7 Å². The van der Waals surface area contributed by atoms with Crippen LogP contribution in [-0.4, -0.2) is 11.9 Å². The molecule has 0 bridgehead atoms. The second-order valence-electron chi connectivity index (χ2n) is 5.29. The Kier molecular flexibility index (Phi) is 3.25. The molecular weight excluding hydrogens is 269 g/mol. The maximum absolute atomic E-state index is 13.9. The van der Waals surface area contributed by atoms with Crippen LogP contribution in [0.15, 0.2) is 42.5 Å². The van der Waals surface area contributed by atoms with E-state index in [1.807, 2.05) is 18.2 Å². The second-order valence-corrected chi connectivity index (χ2v) is 5.29. The molecule has 3 rings (SSSR count). The molecule has 2 atom stereocenters. The van der Waals surface area contributed by atoms with E-state index in [2.05, 4.69) is 17.4 Å². The largest absolute Gasteiger partial charge is 0.398 e. The Morgan fingerprint density at radius 2 is 1.95 bits per heavy atom. The molecule has 0 aromatic heterocycles. The number of hydrogen-bond donors (Lipinski definition) is 3. The molecule has 0 saturated heterocycles. The Morgan fingerprint density at radius 3 is 2.62 bits per heavy atom. The highest BCUT2D eigenvalue weighted by molar-refractivity contribution is 5.99. The van der Waals surface area contributed by atoms with E-state index >= 15 is 0 Å². The summed E-state index contributed by atoms with van der Waals surface area (Å²) < 4.78 is 13.9. The molecule has 1 fully saturated rings. The van der Waals surface area contributed by atoms with E-state index in [0.29, 0.717) is 5.92 Å². The number of nitrogen functional groups attached to an aromatic ring is 1. The molecule has 0 heterocycles. The molecule has 1 amide bonds. The van der Waals surface area contributed by atoms with Gasteiger partial charge in [-0.25, -0.2) is 4.39 Å². The minimum absolute atomic E-state index is 0.0564. The lowest BCUT2D eigenvalue weighted by Gasteiger charge is -2.10. The van der Waals surface area contributed by atoms with Gasteiger partial charge in [0.25, 0.3) is 5.91 Å². The van der Waals surface area contributed by atoms with Crippen LogP contribution in [0.2, 0.25) is 0 Å². The lowest BCUT2D eigenvalue weighted by molar-refractivity contribution is 0.100. The summed E-state index contributed by atoms with van der Waals surface area (Å²) in [6.45, 7) is 0. The fourth-order valence-electron chi connectivity index (χ4n) is 2.54. The van der Waals surface area contributed by atoms with Gasteiger partial charge in [-0.3, -0.25) is 4.79 Å². The third-order valence-corrected chi connectivity index (χ3v) is 3.76. The van der Waals surface area contributed by atoms with E-state index in [4.69, 9.17) is 11.5 Å². The summed E-state index contributed by atoms with van der Waals surface area (Å²) in [5, 5.41) is 3.12. The van der Waals surface area contributed by atoms with Crippen molar-refractivity contribution in [2.24, 2.45) is 5.73 Å². The van der Waals surface area contributed by atoms with Crippen molar-refractivity contribution >= 4 is 17.3 Å². The zero-order valence-electron chi connectivity index (χ0n) is 11.3. The summed E-state index contributed by atoms with van der Waals surface area (Å²) in [6.07, 6.45) is 0.930. The van der Waals surface area contributed by atoms with Crippen LogP contribution in [-0.2, 0) is 0 Å². The molecule has 108 valence electrons. The SMILES string of the molecule is NC(=O)c1cc(NC2CC2c2ccccc2)c(F)cc1N. The molecule has 0 radical (unpaired) electrons. The highest BCUT2D eigenvalue weighted by Crippen LogP contribution is 2.43. The average Bonchev–Trinajstić information content (AvgIpc) is 3.22. The van der Waals surface area contributed by atoms with Crippen molar-refractivity contribution in [3.05, 3.63) is 59.4 Å². The quantitative estimate of drug-likeness (QED) is 0.755. The third-order valence-electron chi connectivity index (χ3n) is 3.76. The van der Waals surface area contributed by atoms with E-state index in [0.717, 1.165) is 12.5 Å². The van der Waals surface area contributed by atoms with Crippen LogP contribution in [0, 0.1) is 5.82 Å². The molecule has 0 spiro atoms. The molecule has 1 aliphatic carbocycles. The van der Waals surface area contributed by atoms with Gasteiger partial charge in [0.2, 0.25) is 0 Å². The first-order valence-corrected chi connectivity index (χ1v) is 6.76. The van der Waals surface area contributed by atoms with E-state index in [1.165, 1.54) is 11.6 Å². The van der Waals surface area contributed by atoms with Crippen molar-refractivity contribution in [1.82, 2.24) is 0 Å². The number of nitrogens with two attached hydrogens (primary N) is 2. The Balaban J connectivity index is 1.78. The van der Waals surface area contributed by atoms with Crippen LogP contribution in [0.1, 0.15) is 28.3 Å². The summed E-state index contributed by atoms with van der Waals surface area (Å²) in [6, 6.07) is 12.7. The van der Waals surface area contributed by atoms with E-state index in [9.17, 15) is 9.18 Å². The van der Waals surface area contributed by atoms with Gasteiger partial charge in [-0.2, -0.15) is 0 Å². The highest BCUT2D eigenvalue weighted by Gasteiger charge is 2.38. The zero-order chi connectivity index (χ0) is 15.0. The van der Waals surface area contributed by atoms with E-state index in [1.54, 1.807) is 0 Å². The fraction of sp³-hybridized carbons (Fsp3) is 0.188. The second kappa shape index (κ2) is 5.09. The van der Waals surface area contributed by atoms with Crippen LogP contribution in [0.3, 0.4) is 0 Å². The number of rotatable bonds is 4. The Hall–Kier alpha value is -2.56. The number of nitrogens with one attached hydrogen (secondary N) is 1. The highest BCUT2D eigenvalue weighted by atomic mass is 19.1. The molecule has 1 aliphatic rings. The van der Waals surface area contributed by atoms with Gasteiger partial charge in [0, 0.05) is 17.6 Å². The van der Waals surface area contributed by atoms with Crippen LogP contribution in [0.25, 0.3) is 0 Å². The standard InChI is InChI=1S/C16H16FN3O/c17-12-8-13(18)11(16(19)21)7-15(12)20-14-6-10(14)9-4-2-1-3-5-9/h1-5,7-8,10,14,20H,6,18H2,(H2,19,21). The molecule has 4 nitrogen and oxygen atoms in total. The maximum Gasteiger partial charge on any atom is 0.250 e. The van der Waals surface area contributed by atoms with Crippen molar-refractivity contribution < 1.29 is 9.18 Å². The zero-order valence-corrected chi connectivity index (χ0v) is 11.3. The molecule has 5 N–H and O–H groups in total. The Labute approximate surface area is 121 Å². The first-order valence-electron chi connectivity index (χ1n) is 6.76. The number of amides is 1. The molecule has 21 heavy (non-hydrogen) atoms. The predicted octanol–water partition coefficient (Wildman–Crippen LogP) is 2.47. The lowest BCUT2D eigenvalue weighted by atomic mass is 10.1. The monoisotopic (exact) mass is 285 g/mol. The molecule has 0 aliphatic heterocycles. The Bertz CT molecular complexity index is 687. The number of hydrogen-bond acceptors (Lipinski definition) is 3. The summed E-state index contributed by atoms with van der Waals surface area (Å²) in [7, 11) is 0. The minimum Gasteiger partial charge on any atom is -0.398 e. The summed E-state index contributed by atoms with van der Waals surface area (Å²) in [4.78, 5) is 11.3. The molecule has 2 aromatic rings. The van der Waals surface area contributed by atoms with Gasteiger partial charge >= 0.3 is 0 Å². The number of carbonyl (C=O) groups excluding carboxylic acids is 1. The lowest BCUT2D eigenvalue weighted by Crippen LogP contribution is -2.15. The third kappa shape index (κ3) is 2.67. The van der Waals surface area contributed by atoms with Crippen molar-refractivity contribution in [3.8, 4) is 0 Å². The number of benzene rings is 2. The van der Waals surface area contributed by atoms with Crippen molar-refractivity contribution in [2.45, 2.75) is 18.4 Å². The first kappa shape index (κ1) is 13.4. The predicted molar refractivity (Wildman–Crippen MR) is 80.5 cm³/mol. The molecule has 5 heteroatoms. The smallest absolute Gasteiger partial charge is 0.250 e. The number of halogens is 1. The van der Waals surface area contributed by atoms with Crippen LogP contribution < -0.4 is 16.8 Å². The number of carbonyl (C=O) groups is 1. The van der Waals surface area contributed by atoms with Crippen molar-refractivity contribution in [3.63, 3.8) is 0 Å². The fourth-order valence-corrected chi connectivity index (χ4v) is 2.54. The van der Waals surface area contributed by atoms with Gasteiger partial charge in [-0.15, -0.1) is 0 Å². The number of primary amides is 1. The molecule has 1 saturated carbocycles. The normalized spacial score (nSPS) is 20.0. The average molecular weight is 285 g/mol. The van der Waals surface area contributed by atoms with Gasteiger partial charge in [0.15, 0.2) is 0 Å². The van der Waals surface area contributed by atoms with Gasteiger partial charge in [-0.05, 0) is 24.1 Å². The van der Waals surface area contributed by atoms with E-state index in [-0.39, 0.29) is 23.0 Å². The molecule has 2 unspecified atom stereocenters. The van der Waals surface area contributed by atoms with Crippen molar-refractivity contribution in [1.29, 1.82) is 0 Å². The summed E-state index contributed by atoms with van der Waals surface area (Å²) >= 11 is 0. The maximum atomic E-state index is 13.9. The van der Waals surface area contributed by atoms with Gasteiger partial charge in [-0.1, -0.05) is 30.3 Å². The van der Waals surface area contributed by atoms with Gasteiger partial charge < -0.3 is 16.8 Å². The van der Waals surface area contributed by atoms with Crippen LogP contribution in [0.5, 0.6) is 0 Å². The van der Waals surface area contributed by atoms with Gasteiger partial charge in [0.1, 0.15) is 5.82 Å². The number of anilines is 2. The summed E-state index contributed by atoms with van der Waals surface area (Å²) in [5.74, 6) is -0.776. The van der Waals surface area contributed by atoms with Crippen LogP contribution in [0.4, 0.5) is 15.8 Å². The summed E-state index contributed by atoms with van der Waals surface area (Å²) in [5.41, 5.74) is 12.5. The minimum atomic E-state index is -0.661. The molecular formula is C16H16FN3O. The molecule has 2 aromatic carbocycles. The topological polar surface area (TPSA) is 81.1 Å².